The Kier molecular flexibility index (Phi) is 29.5. The summed E-state index contributed by atoms with van der Waals surface area (Å²) in [5.41, 5.74) is 6.43. The first-order valence-corrected chi connectivity index (χ1v) is 61.1. The van der Waals surface area contributed by atoms with Gasteiger partial charge in [0.05, 0.1) is 80.3 Å². The van der Waals surface area contributed by atoms with E-state index in [1.54, 1.807) is 23.2 Å². The Hall–Kier alpha value is -7.17. The molecule has 9 aromatic heterocycles. The van der Waals surface area contributed by atoms with Gasteiger partial charge in [-0.2, -0.15) is 5.26 Å². The number of rotatable bonds is 30. The Morgan fingerprint density at radius 2 is 0.778 bits per heavy atom. The van der Waals surface area contributed by atoms with Crippen molar-refractivity contribution < 1.29 is 64.7 Å². The molecule has 12 rings (SSSR count). The molecular formula is C70H103IN22O15S6Si3. The van der Waals surface area contributed by atoms with Crippen molar-refractivity contribution in [2.75, 3.05) is 113 Å². The monoisotopic (exact) mass is 1890 g/mol. The second-order valence-corrected chi connectivity index (χ2v) is 62.8. The lowest BCUT2D eigenvalue weighted by Gasteiger charge is -2.32. The molecule has 3 fully saturated rings. The normalized spacial score (nSPS) is 17.4. The third kappa shape index (κ3) is 25.7. The van der Waals surface area contributed by atoms with Gasteiger partial charge in [0.15, 0.2) is 16.9 Å². The lowest BCUT2D eigenvalue weighted by Crippen LogP contribution is -2.44. The first kappa shape index (κ1) is 92.1. The lowest BCUT2D eigenvalue weighted by atomic mass is 10.1. The zero-order chi connectivity index (χ0) is 85.6. The van der Waals surface area contributed by atoms with E-state index in [4.69, 9.17) is 24.2 Å². The van der Waals surface area contributed by atoms with Crippen molar-refractivity contribution >= 4 is 157 Å². The molecule has 3 N–H and O–H groups in total. The molecule has 3 aliphatic rings. The highest BCUT2D eigenvalue weighted by atomic mass is 127. The minimum atomic E-state index is -3.72. The van der Waals surface area contributed by atoms with Crippen molar-refractivity contribution in [3.63, 3.8) is 0 Å². The predicted octanol–water partition coefficient (Wildman–Crippen LogP) is 7.80. The smallest absolute Gasteiger partial charge is 0.248 e. The Labute approximate surface area is 700 Å². The number of nitrogens with zero attached hydrogens (tertiary/aromatic N) is 19. The summed E-state index contributed by atoms with van der Waals surface area (Å²) in [5.74, 6) is 0.726. The first-order valence-electron chi connectivity index (χ1n) is 37.7. The molecule has 0 saturated carbocycles. The topological polar surface area (TPSA) is 472 Å². The van der Waals surface area contributed by atoms with E-state index in [1.807, 2.05) is 27.6 Å². The van der Waals surface area contributed by atoms with Gasteiger partial charge < -0.3 is 43.9 Å². The molecule has 0 unspecified atom stereocenters. The van der Waals surface area contributed by atoms with Crippen LogP contribution in [0.2, 0.25) is 77.1 Å². The molecule has 0 aliphatic carbocycles. The number of nitrogens with one attached hydrogen (secondary N) is 3. The van der Waals surface area contributed by atoms with Crippen LogP contribution in [0.3, 0.4) is 0 Å². The number of hydrogen-bond donors (Lipinski definition) is 3. The molecule has 9 aromatic rings. The molecule has 638 valence electrons. The van der Waals surface area contributed by atoms with Gasteiger partial charge in [-0.3, -0.25) is 0 Å². The van der Waals surface area contributed by atoms with Crippen molar-refractivity contribution in [1.82, 2.24) is 86.4 Å². The summed E-state index contributed by atoms with van der Waals surface area (Å²) in [4.78, 5) is 53.0. The van der Waals surface area contributed by atoms with E-state index in [-0.39, 0.29) is 77.4 Å². The molecule has 47 heteroatoms. The Balaban J connectivity index is 0.000000185. The van der Waals surface area contributed by atoms with Gasteiger partial charge in [-0.05, 0) is 85.3 Å². The van der Waals surface area contributed by atoms with Crippen molar-refractivity contribution in [3.05, 3.63) is 71.0 Å². The summed E-state index contributed by atoms with van der Waals surface area (Å²) in [6.45, 7) is 25.6. The van der Waals surface area contributed by atoms with Crippen molar-refractivity contribution in [2.24, 2.45) is 0 Å². The average Bonchev–Trinajstić information content (AvgIpc) is 1.72. The summed E-state index contributed by atoms with van der Waals surface area (Å²) < 4.78 is 174. The van der Waals surface area contributed by atoms with Gasteiger partial charge in [0, 0.05) is 157 Å². The van der Waals surface area contributed by atoms with E-state index in [0.717, 1.165) is 46.7 Å². The number of halogens is 1. The van der Waals surface area contributed by atoms with Crippen LogP contribution in [-0.2, 0) is 94.0 Å². The van der Waals surface area contributed by atoms with Gasteiger partial charge in [0.25, 0.3) is 0 Å². The van der Waals surface area contributed by atoms with Crippen LogP contribution < -0.4 is 16.0 Å². The van der Waals surface area contributed by atoms with Crippen LogP contribution in [0.4, 0.5) is 17.5 Å². The minimum Gasteiger partial charge on any atom is -0.365 e. The molecule has 37 nitrogen and oxygen atoms in total. The van der Waals surface area contributed by atoms with Crippen molar-refractivity contribution in [2.45, 2.75) is 169 Å². The number of sulfonamides is 3. The molecule has 3 saturated heterocycles. The van der Waals surface area contributed by atoms with Gasteiger partial charge in [-0.25, -0.2) is 123 Å². The van der Waals surface area contributed by atoms with Crippen molar-refractivity contribution in [1.29, 1.82) is 5.26 Å². The maximum atomic E-state index is 12.2. The van der Waals surface area contributed by atoms with Crippen molar-refractivity contribution in [3.8, 4) is 39.8 Å². The summed E-state index contributed by atoms with van der Waals surface area (Å²) in [5, 5.41) is 18.5. The van der Waals surface area contributed by atoms with Crippen LogP contribution in [0.15, 0.2) is 77.3 Å². The zero-order valence-corrected chi connectivity index (χ0v) is 78.4. The van der Waals surface area contributed by atoms with Gasteiger partial charge in [0.2, 0.25) is 75.1 Å². The number of fused-ring (bicyclic) bond motifs is 3. The number of anilines is 3. The van der Waals surface area contributed by atoms with E-state index < -0.39 is 83.8 Å². The SMILES string of the molecule is C[Si](C)(C)CCOCn1cc(C#N)c2nc(-c3cnc(S(C)(=O)=O)nc3N[C@H]3CCCN(S(C)(=O)=O)C3)cnc21.C[Si](C)(C)CCOCn1cc(I)c2nc(-c3cnc(S(C)(=O)=O)nc3N[C@H]3CCCN(S(C)(=O)=O)C3)cnc21.C[Si](C)(C)CCOCn1ccc2nc(-c3cnc(S(C)(=O)=O)nc3N[C@H]3CCCN(S(C)(=O)=O)C3)cnc21. The van der Waals surface area contributed by atoms with E-state index in [1.165, 1.54) is 50.2 Å². The van der Waals surface area contributed by atoms with Gasteiger partial charge in [-0.1, -0.05) is 58.9 Å². The number of sulfone groups is 3. The molecule has 0 radical (unpaired) electrons. The van der Waals surface area contributed by atoms with Gasteiger partial charge in [0.1, 0.15) is 60.3 Å². The molecular weight excluding hydrogens is 1790 g/mol. The van der Waals surface area contributed by atoms with Crippen LogP contribution in [0, 0.1) is 14.9 Å². The minimum absolute atomic E-state index is 0.192. The number of hydrogen-bond acceptors (Lipinski definition) is 31. The third-order valence-electron chi connectivity index (χ3n) is 19.1. The maximum Gasteiger partial charge on any atom is 0.248 e. The molecule has 0 spiro atoms. The Morgan fingerprint density at radius 1 is 0.444 bits per heavy atom. The van der Waals surface area contributed by atoms with Crippen LogP contribution in [-0.4, -0.2) is 276 Å². The summed E-state index contributed by atoms with van der Waals surface area (Å²) in [6, 6.07) is 6.31. The highest BCUT2D eigenvalue weighted by Crippen LogP contribution is 2.34. The van der Waals surface area contributed by atoms with E-state index in [9.17, 15) is 55.8 Å². The average molecular weight is 1900 g/mol. The number of aromatic nitrogens is 15. The largest absolute Gasteiger partial charge is 0.365 e. The number of piperidine rings is 3. The first-order chi connectivity index (χ1) is 54.5. The van der Waals surface area contributed by atoms with E-state index in [2.05, 4.69) is 153 Å². The highest BCUT2D eigenvalue weighted by Gasteiger charge is 2.33. The Bertz CT molecular complexity index is 5890. The molecule has 117 heavy (non-hydrogen) atoms. The second kappa shape index (κ2) is 37.4. The molecule has 0 aromatic carbocycles. The zero-order valence-electron chi connectivity index (χ0n) is 68.3. The molecule has 3 atom stereocenters. The number of nitriles is 1. The van der Waals surface area contributed by atoms with Crippen LogP contribution in [0.25, 0.3) is 67.3 Å². The Morgan fingerprint density at radius 3 is 1.13 bits per heavy atom. The second-order valence-electron chi connectivity index (χ2n) is 33.1. The van der Waals surface area contributed by atoms with E-state index in [0.29, 0.717) is 164 Å². The lowest BCUT2D eigenvalue weighted by molar-refractivity contribution is 0.0897. The predicted molar refractivity (Wildman–Crippen MR) is 464 cm³/mol. The molecule has 0 amide bonds. The molecule has 0 bridgehead atoms. The third-order valence-corrected chi connectivity index (χ3v) is 31.3. The molecule has 3 aliphatic heterocycles. The van der Waals surface area contributed by atoms with Crippen LogP contribution in [0.5, 0.6) is 0 Å². The van der Waals surface area contributed by atoms with Gasteiger partial charge >= 0.3 is 0 Å². The fraction of sp³-hybridized carbons (Fsp3) is 0.557. The number of ether oxygens (including phenoxy) is 3. The standard InChI is InChI=1S/C24H34N8O5S2Si.C23H34IN7O5S2Si.C23H35N7O5S2Si/c1-38(33,34)24-27-12-19(22(30-24)28-18-7-6-8-32(15-18)39(2,35)36)20-13-26-23-21(29-20)17(11-25)14-31(23)16-37-9-10-40(3,4)5;1-37(32,33)23-26-11-17(21(29-23)27-16-7-6-8-31(13-16)38(2,34)35)19-12-25-22-20(28-19)18(24)14-30(22)15-36-9-10-39(3,4)5;1-36(31,32)23-25-13-18(21(28-23)26-17-7-6-9-30(15-17)37(2,33)34)20-14-24-22-19(27-20)8-10-29(22)16-35-11-12-38(3,4)5/h12-14,18H,6-10,15-16H2,1-5H3,(H,27,28,30);11-12,14,16H,6-10,13,15H2,1-5H3,(H,26,27,29);8,10,13-14,17H,6-7,9,11-12,15-16H2,1-5H3,(H,25,26,28)/t18-;16-;17-/m000/s1. The summed E-state index contributed by atoms with van der Waals surface area (Å²) in [6.07, 6.45) is 25.0. The summed E-state index contributed by atoms with van der Waals surface area (Å²) in [7, 11) is -24.8. The quantitative estimate of drug-likeness (QED) is 0.0167. The summed E-state index contributed by atoms with van der Waals surface area (Å²) >= 11 is 2.21. The highest BCUT2D eigenvalue weighted by molar-refractivity contribution is 14.1. The van der Waals surface area contributed by atoms with Crippen LogP contribution >= 0.6 is 22.6 Å². The fourth-order valence-electron chi connectivity index (χ4n) is 12.6. The van der Waals surface area contributed by atoms with E-state index >= 15 is 0 Å². The van der Waals surface area contributed by atoms with Gasteiger partial charge in [-0.15, -0.1) is 0 Å². The maximum absolute atomic E-state index is 12.2. The fourth-order valence-corrected chi connectivity index (χ4v) is 19.8. The van der Waals surface area contributed by atoms with Crippen LogP contribution in [0.1, 0.15) is 44.1 Å². The molecule has 12 heterocycles.